The first-order valence-electron chi connectivity index (χ1n) is 12.2. The second-order valence-electron chi connectivity index (χ2n) is 8.42. The Kier molecular flexibility index (Phi) is 11.9. The minimum atomic E-state index is -3.46. The zero-order valence-electron chi connectivity index (χ0n) is 21.0. The summed E-state index contributed by atoms with van der Waals surface area (Å²) < 4.78 is 41.2. The summed E-state index contributed by atoms with van der Waals surface area (Å²) in [6.07, 6.45) is 3.79. The van der Waals surface area contributed by atoms with Gasteiger partial charge in [-0.15, -0.1) is 0 Å². The van der Waals surface area contributed by atoms with Crippen molar-refractivity contribution in [2.75, 3.05) is 19.0 Å². The zero-order valence-corrected chi connectivity index (χ0v) is 23.3. The molecule has 0 radical (unpaired) electrons. The molecule has 0 N–H and O–H groups in total. The number of ether oxygens (including phenoxy) is 3. The van der Waals surface area contributed by atoms with Crippen molar-refractivity contribution in [2.24, 2.45) is 0 Å². The van der Waals surface area contributed by atoms with Gasteiger partial charge in [0.15, 0.2) is 16.4 Å². The molecule has 0 aliphatic carbocycles. The Balaban J connectivity index is 1.50. The molecule has 3 aromatic rings. The maximum atomic E-state index is 12.6. The summed E-state index contributed by atoms with van der Waals surface area (Å²) >= 11 is 11.9. The minimum absolute atomic E-state index is 0.0853. The predicted octanol–water partition coefficient (Wildman–Crippen LogP) is 6.34. The third-order valence-electron chi connectivity index (χ3n) is 5.44. The van der Waals surface area contributed by atoms with Gasteiger partial charge in [0.25, 0.3) is 0 Å². The molecule has 0 bridgehead atoms. The average Bonchev–Trinajstić information content (AvgIpc) is 2.93. The van der Waals surface area contributed by atoms with Crippen molar-refractivity contribution in [3.63, 3.8) is 0 Å². The van der Waals surface area contributed by atoms with Gasteiger partial charge in [-0.25, -0.2) is 18.0 Å². The van der Waals surface area contributed by atoms with Crippen LogP contribution in [0.25, 0.3) is 0 Å². The first-order chi connectivity index (χ1) is 18.7. The van der Waals surface area contributed by atoms with Gasteiger partial charge in [0.2, 0.25) is 0 Å². The first kappa shape index (κ1) is 30.2. The van der Waals surface area contributed by atoms with E-state index >= 15 is 0 Å². The van der Waals surface area contributed by atoms with Gasteiger partial charge in [0, 0.05) is 11.4 Å². The Morgan fingerprint density at radius 3 is 2.28 bits per heavy atom. The van der Waals surface area contributed by atoms with Crippen molar-refractivity contribution >= 4 is 45.0 Å². The Morgan fingerprint density at radius 1 is 0.897 bits per heavy atom. The van der Waals surface area contributed by atoms with E-state index in [2.05, 4.69) is 0 Å². The van der Waals surface area contributed by atoms with E-state index in [1.54, 1.807) is 84.9 Å². The molecule has 0 spiro atoms. The SMILES string of the molecule is O=C(COc1ccc(Cl)cc1Cl)OCCCC(C/C=C/CS(=O)(=O)c1ccccc1)OC(=O)c1ccccc1. The van der Waals surface area contributed by atoms with Crippen LogP contribution in [0.2, 0.25) is 10.0 Å². The second-order valence-corrected chi connectivity index (χ2v) is 11.3. The van der Waals surface area contributed by atoms with E-state index in [-0.39, 0.29) is 28.9 Å². The molecule has 1 unspecified atom stereocenters. The van der Waals surface area contributed by atoms with Gasteiger partial charge in [-0.2, -0.15) is 0 Å². The molecule has 0 aliphatic heterocycles. The van der Waals surface area contributed by atoms with Crippen LogP contribution in [-0.4, -0.2) is 45.4 Å². The molecule has 206 valence electrons. The van der Waals surface area contributed by atoms with Crippen LogP contribution in [0.5, 0.6) is 5.75 Å². The van der Waals surface area contributed by atoms with E-state index < -0.39 is 27.9 Å². The van der Waals surface area contributed by atoms with Gasteiger partial charge in [-0.3, -0.25) is 0 Å². The molecular weight excluding hydrogens is 563 g/mol. The summed E-state index contributed by atoms with van der Waals surface area (Å²) in [6, 6.07) is 21.4. The standard InChI is InChI=1S/C29H28Cl2O7S/c30-23-16-17-27(26(31)20-23)37-21-28(32)36-18-9-13-24(38-29(33)22-10-3-1-4-11-22)12-7-8-19-39(34,35)25-14-5-2-6-15-25/h1-8,10-11,14-17,20,24H,9,12-13,18-19,21H2/b8-7+. The number of hydrogen-bond acceptors (Lipinski definition) is 7. The molecule has 10 heteroatoms. The summed E-state index contributed by atoms with van der Waals surface area (Å²) in [4.78, 5) is 24.9. The van der Waals surface area contributed by atoms with Crippen molar-refractivity contribution in [2.45, 2.75) is 30.3 Å². The van der Waals surface area contributed by atoms with E-state index in [1.807, 2.05) is 0 Å². The Hall–Kier alpha value is -3.33. The second kappa shape index (κ2) is 15.3. The number of hydrogen-bond donors (Lipinski definition) is 0. The van der Waals surface area contributed by atoms with Crippen LogP contribution in [-0.2, 0) is 24.1 Å². The van der Waals surface area contributed by atoms with Crippen LogP contribution >= 0.6 is 23.2 Å². The normalized spacial score (nSPS) is 12.2. The molecule has 0 amide bonds. The summed E-state index contributed by atoms with van der Waals surface area (Å²) in [5.41, 5.74) is 0.405. The highest BCUT2D eigenvalue weighted by Crippen LogP contribution is 2.27. The predicted molar refractivity (Wildman–Crippen MR) is 150 cm³/mol. The largest absolute Gasteiger partial charge is 0.480 e. The van der Waals surface area contributed by atoms with Gasteiger partial charge >= 0.3 is 11.9 Å². The lowest BCUT2D eigenvalue weighted by atomic mass is 10.1. The van der Waals surface area contributed by atoms with Crippen LogP contribution in [0.15, 0.2) is 95.9 Å². The zero-order chi connectivity index (χ0) is 28.1. The fraction of sp³-hybridized carbons (Fsp3) is 0.241. The molecule has 0 saturated heterocycles. The van der Waals surface area contributed by atoms with Gasteiger partial charge < -0.3 is 14.2 Å². The van der Waals surface area contributed by atoms with Crippen LogP contribution in [0.3, 0.4) is 0 Å². The molecule has 0 aromatic heterocycles. The summed E-state index contributed by atoms with van der Waals surface area (Å²) in [5, 5.41) is 0.730. The molecular formula is C29H28Cl2O7S. The van der Waals surface area contributed by atoms with E-state index in [0.717, 1.165) is 0 Å². The van der Waals surface area contributed by atoms with E-state index in [1.165, 1.54) is 6.07 Å². The van der Waals surface area contributed by atoms with Crippen LogP contribution in [0, 0.1) is 0 Å². The molecule has 0 saturated carbocycles. The Labute approximate surface area is 238 Å². The lowest BCUT2D eigenvalue weighted by Crippen LogP contribution is -2.20. The van der Waals surface area contributed by atoms with Crippen LogP contribution < -0.4 is 4.74 Å². The molecule has 0 aliphatic rings. The molecule has 0 heterocycles. The van der Waals surface area contributed by atoms with Crippen molar-refractivity contribution < 1.29 is 32.2 Å². The van der Waals surface area contributed by atoms with Crippen molar-refractivity contribution in [1.82, 2.24) is 0 Å². The summed E-state index contributed by atoms with van der Waals surface area (Å²) in [5.74, 6) is -0.931. The number of carbonyl (C=O) groups excluding carboxylic acids is 2. The Morgan fingerprint density at radius 2 is 1.59 bits per heavy atom. The maximum absolute atomic E-state index is 12.6. The van der Waals surface area contributed by atoms with Gasteiger partial charge in [0.1, 0.15) is 11.9 Å². The third kappa shape index (κ3) is 10.4. The summed E-state index contributed by atoms with van der Waals surface area (Å²) in [6.45, 7) is -0.242. The fourth-order valence-electron chi connectivity index (χ4n) is 3.45. The number of sulfone groups is 1. The topological polar surface area (TPSA) is 96.0 Å². The lowest BCUT2D eigenvalue weighted by Gasteiger charge is -2.17. The quantitative estimate of drug-likeness (QED) is 0.123. The highest BCUT2D eigenvalue weighted by Gasteiger charge is 2.16. The van der Waals surface area contributed by atoms with Gasteiger partial charge in [-0.1, -0.05) is 71.8 Å². The van der Waals surface area contributed by atoms with Crippen molar-refractivity contribution in [3.8, 4) is 5.75 Å². The highest BCUT2D eigenvalue weighted by molar-refractivity contribution is 7.91. The smallest absolute Gasteiger partial charge is 0.344 e. The lowest BCUT2D eigenvalue weighted by molar-refractivity contribution is -0.146. The number of carbonyl (C=O) groups is 2. The minimum Gasteiger partial charge on any atom is -0.480 e. The number of halogens is 2. The molecule has 0 fully saturated rings. The highest BCUT2D eigenvalue weighted by atomic mass is 35.5. The molecule has 1 atom stereocenters. The number of rotatable bonds is 14. The number of benzene rings is 3. The van der Waals surface area contributed by atoms with Crippen molar-refractivity contribution in [1.29, 1.82) is 0 Å². The van der Waals surface area contributed by atoms with Crippen molar-refractivity contribution in [3.05, 3.63) is 107 Å². The third-order valence-corrected chi connectivity index (χ3v) is 7.59. The van der Waals surface area contributed by atoms with Crippen LogP contribution in [0.1, 0.15) is 29.6 Å². The average molecular weight is 592 g/mol. The van der Waals surface area contributed by atoms with Crippen LogP contribution in [0.4, 0.5) is 0 Å². The summed E-state index contributed by atoms with van der Waals surface area (Å²) in [7, 11) is -3.46. The monoisotopic (exact) mass is 590 g/mol. The van der Waals surface area contributed by atoms with Gasteiger partial charge in [0.05, 0.1) is 27.8 Å². The Bertz CT molecular complexity index is 1360. The van der Waals surface area contributed by atoms with Gasteiger partial charge in [-0.05, 0) is 55.3 Å². The molecule has 7 nitrogen and oxygen atoms in total. The fourth-order valence-corrected chi connectivity index (χ4v) is 5.07. The van der Waals surface area contributed by atoms with E-state index in [4.69, 9.17) is 37.4 Å². The molecule has 3 rings (SSSR count). The first-order valence-corrected chi connectivity index (χ1v) is 14.6. The maximum Gasteiger partial charge on any atom is 0.344 e. The number of esters is 2. The van der Waals surface area contributed by atoms with E-state index in [0.29, 0.717) is 35.6 Å². The van der Waals surface area contributed by atoms with E-state index in [9.17, 15) is 18.0 Å². The molecule has 3 aromatic carbocycles. The molecule has 39 heavy (non-hydrogen) atoms.